The minimum atomic E-state index is -3.41. The van der Waals surface area contributed by atoms with Gasteiger partial charge in [-0.1, -0.05) is 0 Å². The third-order valence-electron chi connectivity index (χ3n) is 3.40. The van der Waals surface area contributed by atoms with E-state index in [0.717, 1.165) is 0 Å². The second-order valence-corrected chi connectivity index (χ2v) is 7.34. The van der Waals surface area contributed by atoms with Gasteiger partial charge in [0, 0.05) is 19.1 Å². The lowest BCUT2D eigenvalue weighted by atomic mass is 10.1. The van der Waals surface area contributed by atoms with Crippen LogP contribution in [0, 0.1) is 0 Å². The van der Waals surface area contributed by atoms with Crippen LogP contribution in [0.4, 0.5) is 5.69 Å². The number of amides is 2. The summed E-state index contributed by atoms with van der Waals surface area (Å²) in [6.45, 7) is 0.616. The van der Waals surface area contributed by atoms with Gasteiger partial charge in [-0.15, -0.1) is 11.6 Å². The number of hydrogen-bond donors (Lipinski definition) is 3. The van der Waals surface area contributed by atoms with Crippen LogP contribution >= 0.6 is 11.6 Å². The normalized spacial score (nSPS) is 17.1. The maximum Gasteiger partial charge on any atom is 0.271 e. The number of carbonyl (C=O) groups excluding carboxylic acids is 2. The summed E-state index contributed by atoms with van der Waals surface area (Å²) < 4.78 is 24.6. The molecule has 9 nitrogen and oxygen atoms in total. The Balaban J connectivity index is 1.92. The molecule has 11 heteroatoms. The highest BCUT2D eigenvalue weighted by Gasteiger charge is 2.28. The second kappa shape index (κ2) is 7.07. The van der Waals surface area contributed by atoms with E-state index in [4.69, 9.17) is 11.6 Å². The molecule has 1 aliphatic heterocycles. The largest absolute Gasteiger partial charge is 0.348 e. The maximum atomic E-state index is 12.1. The van der Waals surface area contributed by atoms with Crippen LogP contribution in [0.5, 0.6) is 0 Å². The summed E-state index contributed by atoms with van der Waals surface area (Å²) in [7, 11) is -3.41. The Morgan fingerprint density at radius 1 is 1.50 bits per heavy atom. The number of aromatic amines is 1. The molecule has 0 aliphatic carbocycles. The summed E-state index contributed by atoms with van der Waals surface area (Å²) in [4.78, 5) is 22.6. The van der Waals surface area contributed by atoms with Crippen LogP contribution in [0.2, 0.25) is 0 Å². The number of rotatable bonds is 6. The molecule has 0 bridgehead atoms. The van der Waals surface area contributed by atoms with Crippen molar-refractivity contribution in [3.63, 3.8) is 0 Å². The van der Waals surface area contributed by atoms with E-state index in [9.17, 15) is 18.0 Å². The number of nitrogens with one attached hydrogen (secondary N) is 3. The first kappa shape index (κ1) is 16.7. The molecule has 0 atom stereocenters. The predicted molar refractivity (Wildman–Crippen MR) is 80.0 cm³/mol. The van der Waals surface area contributed by atoms with Crippen LogP contribution < -0.4 is 10.6 Å². The van der Waals surface area contributed by atoms with Gasteiger partial charge in [-0.2, -0.15) is 5.10 Å². The number of H-pyrrole nitrogens is 1. The SMILES string of the molecule is O=CNc1cn[nH]c1C(=O)NC1CCN(S(=O)(=O)CCl)CC1. The standard InChI is InChI=1S/C11H16ClN5O4S/c12-6-22(20,21)17-3-1-8(2-4-17)15-11(19)10-9(13-7-18)5-14-16-10/h5,7-8H,1-4,6H2,(H,13,18)(H,14,16)(H,15,19). The summed E-state index contributed by atoms with van der Waals surface area (Å²) in [5.41, 5.74) is 0.442. The number of aromatic nitrogens is 2. The number of piperidine rings is 1. The average molecular weight is 350 g/mol. The van der Waals surface area contributed by atoms with E-state index in [2.05, 4.69) is 20.8 Å². The van der Waals surface area contributed by atoms with Gasteiger partial charge in [0.05, 0.1) is 11.9 Å². The lowest BCUT2D eigenvalue weighted by Crippen LogP contribution is -2.46. The van der Waals surface area contributed by atoms with E-state index < -0.39 is 21.1 Å². The summed E-state index contributed by atoms with van der Waals surface area (Å²) >= 11 is 5.42. The van der Waals surface area contributed by atoms with Gasteiger partial charge < -0.3 is 10.6 Å². The highest BCUT2D eigenvalue weighted by atomic mass is 35.5. The molecule has 0 aromatic carbocycles. The van der Waals surface area contributed by atoms with Crippen LogP contribution in [0.3, 0.4) is 0 Å². The summed E-state index contributed by atoms with van der Waals surface area (Å²) in [5.74, 6) is -0.402. The highest BCUT2D eigenvalue weighted by Crippen LogP contribution is 2.17. The van der Waals surface area contributed by atoms with E-state index in [-0.39, 0.29) is 17.4 Å². The molecule has 2 rings (SSSR count). The first-order chi connectivity index (χ1) is 10.5. The quantitative estimate of drug-likeness (QED) is 0.480. The van der Waals surface area contributed by atoms with Gasteiger partial charge in [0.1, 0.15) is 10.9 Å². The molecule has 0 unspecified atom stereocenters. The zero-order valence-electron chi connectivity index (χ0n) is 11.6. The maximum absolute atomic E-state index is 12.1. The van der Waals surface area contributed by atoms with E-state index in [1.807, 2.05) is 0 Å². The molecule has 0 saturated carbocycles. The van der Waals surface area contributed by atoms with Crippen molar-refractivity contribution in [2.75, 3.05) is 23.6 Å². The van der Waals surface area contributed by atoms with E-state index >= 15 is 0 Å². The van der Waals surface area contributed by atoms with Crippen LogP contribution in [-0.4, -0.2) is 59.6 Å². The van der Waals surface area contributed by atoms with Gasteiger partial charge in [0.25, 0.3) is 5.91 Å². The summed E-state index contributed by atoms with van der Waals surface area (Å²) in [5, 5.41) is 10.9. The molecule has 1 aromatic heterocycles. The van der Waals surface area contributed by atoms with Crippen LogP contribution in [-0.2, 0) is 14.8 Å². The minimum Gasteiger partial charge on any atom is -0.348 e. The van der Waals surface area contributed by atoms with Crippen LogP contribution in [0.25, 0.3) is 0 Å². The molecule has 1 aliphatic rings. The van der Waals surface area contributed by atoms with E-state index in [0.29, 0.717) is 32.3 Å². The van der Waals surface area contributed by atoms with Gasteiger partial charge in [-0.3, -0.25) is 14.7 Å². The molecule has 3 N–H and O–H groups in total. The van der Waals surface area contributed by atoms with Gasteiger partial charge in [0.15, 0.2) is 0 Å². The Labute approximate surface area is 132 Å². The van der Waals surface area contributed by atoms with Gasteiger partial charge in [0.2, 0.25) is 16.4 Å². The molecular formula is C11H16ClN5O4S. The van der Waals surface area contributed by atoms with Crippen molar-refractivity contribution < 1.29 is 18.0 Å². The van der Waals surface area contributed by atoms with E-state index in [1.165, 1.54) is 10.5 Å². The zero-order valence-corrected chi connectivity index (χ0v) is 13.2. The van der Waals surface area contributed by atoms with Gasteiger partial charge in [-0.25, -0.2) is 12.7 Å². The zero-order chi connectivity index (χ0) is 16.2. The number of sulfonamides is 1. The Kier molecular flexibility index (Phi) is 5.37. The molecule has 1 aromatic rings. The van der Waals surface area contributed by atoms with Crippen molar-refractivity contribution in [1.29, 1.82) is 0 Å². The number of halogens is 1. The number of nitrogens with zero attached hydrogens (tertiary/aromatic N) is 2. The minimum absolute atomic E-state index is 0.151. The summed E-state index contributed by atoms with van der Waals surface area (Å²) in [6.07, 6.45) is 2.77. The molecule has 0 radical (unpaired) electrons. The van der Waals surface area contributed by atoms with Crippen LogP contribution in [0.1, 0.15) is 23.3 Å². The molecular weight excluding hydrogens is 334 g/mol. The van der Waals surface area contributed by atoms with Crippen molar-refractivity contribution in [3.05, 3.63) is 11.9 Å². The van der Waals surface area contributed by atoms with Gasteiger partial charge in [-0.05, 0) is 12.8 Å². The average Bonchev–Trinajstić information content (AvgIpc) is 2.96. The predicted octanol–water partition coefficient (Wildman–Crippen LogP) is -0.302. The second-order valence-electron chi connectivity index (χ2n) is 4.79. The number of alkyl halides is 1. The van der Waals surface area contributed by atoms with Crippen LogP contribution in [0.15, 0.2) is 6.20 Å². The Morgan fingerprint density at radius 3 is 2.77 bits per heavy atom. The smallest absolute Gasteiger partial charge is 0.271 e. The fourth-order valence-electron chi connectivity index (χ4n) is 2.24. The fourth-order valence-corrected chi connectivity index (χ4v) is 3.56. The molecule has 122 valence electrons. The molecule has 22 heavy (non-hydrogen) atoms. The molecule has 1 saturated heterocycles. The highest BCUT2D eigenvalue weighted by molar-refractivity contribution is 7.90. The topological polar surface area (TPSA) is 124 Å². The van der Waals surface area contributed by atoms with Crippen molar-refractivity contribution in [2.24, 2.45) is 0 Å². The Morgan fingerprint density at radius 2 is 2.18 bits per heavy atom. The monoisotopic (exact) mass is 349 g/mol. The first-order valence-corrected chi connectivity index (χ1v) is 8.70. The first-order valence-electron chi connectivity index (χ1n) is 6.56. The molecule has 2 amide bonds. The fraction of sp³-hybridized carbons (Fsp3) is 0.545. The van der Waals surface area contributed by atoms with Crippen molar-refractivity contribution >= 4 is 39.6 Å². The Bertz CT molecular complexity index is 639. The van der Waals surface area contributed by atoms with Gasteiger partial charge >= 0.3 is 0 Å². The van der Waals surface area contributed by atoms with Crippen molar-refractivity contribution in [1.82, 2.24) is 19.8 Å². The lowest BCUT2D eigenvalue weighted by molar-refractivity contribution is -0.105. The third kappa shape index (κ3) is 3.76. The molecule has 2 heterocycles. The summed E-state index contributed by atoms with van der Waals surface area (Å²) in [6, 6.07) is -0.151. The van der Waals surface area contributed by atoms with E-state index in [1.54, 1.807) is 0 Å². The molecule has 0 spiro atoms. The third-order valence-corrected chi connectivity index (χ3v) is 5.66. The Hall–Kier alpha value is -1.65. The molecule has 1 fully saturated rings. The van der Waals surface area contributed by atoms with Crippen molar-refractivity contribution in [2.45, 2.75) is 18.9 Å². The number of anilines is 1. The lowest BCUT2D eigenvalue weighted by Gasteiger charge is -2.31. The number of carbonyl (C=O) groups is 2. The number of hydrogen-bond acceptors (Lipinski definition) is 5. The van der Waals surface area contributed by atoms with Crippen molar-refractivity contribution in [3.8, 4) is 0 Å².